The van der Waals surface area contributed by atoms with E-state index in [1.165, 1.54) is 23.5 Å². The van der Waals surface area contributed by atoms with Crippen LogP contribution >= 0.6 is 11.3 Å². The topological polar surface area (TPSA) is 58.2 Å². The molecule has 30 heavy (non-hydrogen) atoms. The number of halogens is 1. The molecule has 1 heterocycles. The van der Waals surface area contributed by atoms with Crippen LogP contribution in [0.1, 0.15) is 62.5 Å². The van der Waals surface area contributed by atoms with Crippen LogP contribution in [-0.2, 0) is 12.8 Å². The van der Waals surface area contributed by atoms with Crippen molar-refractivity contribution in [3.05, 3.63) is 87.5 Å². The summed E-state index contributed by atoms with van der Waals surface area (Å²) in [6.45, 7) is 1.93. The zero-order valence-corrected chi connectivity index (χ0v) is 17.5. The van der Waals surface area contributed by atoms with Crippen LogP contribution in [0.2, 0.25) is 0 Å². The number of aryl methyl sites for hydroxylation is 1. The molecule has 2 N–H and O–H groups in total. The zero-order chi connectivity index (χ0) is 21.1. The van der Waals surface area contributed by atoms with Crippen molar-refractivity contribution in [3.8, 4) is 0 Å². The van der Waals surface area contributed by atoms with Gasteiger partial charge in [0.25, 0.3) is 11.8 Å². The maximum absolute atomic E-state index is 14.1. The minimum absolute atomic E-state index is 0.0344. The summed E-state index contributed by atoms with van der Waals surface area (Å²) in [5.41, 5.74) is 2.50. The average Bonchev–Trinajstić information content (AvgIpc) is 3.12. The van der Waals surface area contributed by atoms with E-state index in [2.05, 4.69) is 10.6 Å². The molecule has 0 aliphatic heterocycles. The predicted octanol–water partition coefficient (Wildman–Crippen LogP) is 5.51. The van der Waals surface area contributed by atoms with E-state index in [1.54, 1.807) is 12.1 Å². The average molecular weight is 423 g/mol. The summed E-state index contributed by atoms with van der Waals surface area (Å²) in [7, 11) is 0. The van der Waals surface area contributed by atoms with Crippen molar-refractivity contribution >= 4 is 28.2 Å². The third kappa shape index (κ3) is 4.14. The number of anilines is 1. The van der Waals surface area contributed by atoms with Crippen molar-refractivity contribution in [1.82, 2.24) is 5.32 Å². The lowest BCUT2D eigenvalue weighted by molar-refractivity contribution is 0.0940. The molecule has 6 heteroatoms. The second-order valence-corrected chi connectivity index (χ2v) is 8.56. The standard InChI is InChI=1S/C24H23FN2O2S/c1-15(16-9-3-2-4-10-16)26-23(29)21-18-12-6-8-14-20(18)30-24(21)27-22(28)17-11-5-7-13-19(17)25/h2-5,7,9-11,13,15H,6,8,12,14H2,1H3,(H,26,29)(H,27,28). The normalized spacial score (nSPS) is 13.9. The summed E-state index contributed by atoms with van der Waals surface area (Å²) in [4.78, 5) is 27.1. The van der Waals surface area contributed by atoms with Crippen molar-refractivity contribution in [2.24, 2.45) is 0 Å². The van der Waals surface area contributed by atoms with Gasteiger partial charge in [0.2, 0.25) is 0 Å². The number of carbonyl (C=O) groups excluding carboxylic acids is 2. The summed E-state index contributed by atoms with van der Waals surface area (Å²) < 4.78 is 14.1. The number of thiophene rings is 1. The van der Waals surface area contributed by atoms with E-state index >= 15 is 0 Å². The molecule has 0 saturated heterocycles. The van der Waals surface area contributed by atoms with Crippen molar-refractivity contribution in [2.45, 2.75) is 38.6 Å². The summed E-state index contributed by atoms with van der Waals surface area (Å²) in [6.07, 6.45) is 3.78. The SMILES string of the molecule is CC(NC(=O)c1c(NC(=O)c2ccccc2F)sc2c1CCCC2)c1ccccc1. The molecular weight excluding hydrogens is 399 g/mol. The van der Waals surface area contributed by atoms with Gasteiger partial charge in [-0.15, -0.1) is 11.3 Å². The third-order valence-electron chi connectivity index (χ3n) is 5.39. The van der Waals surface area contributed by atoms with E-state index in [0.29, 0.717) is 10.6 Å². The Morgan fingerprint density at radius 2 is 1.67 bits per heavy atom. The lowest BCUT2D eigenvalue weighted by Crippen LogP contribution is -2.28. The molecular formula is C24H23FN2O2S. The Bertz CT molecular complexity index is 1080. The largest absolute Gasteiger partial charge is 0.345 e. The highest BCUT2D eigenvalue weighted by atomic mass is 32.1. The van der Waals surface area contributed by atoms with Crippen LogP contribution in [0.3, 0.4) is 0 Å². The number of rotatable bonds is 5. The first-order valence-electron chi connectivity index (χ1n) is 10.1. The number of benzene rings is 2. The second-order valence-electron chi connectivity index (χ2n) is 7.45. The van der Waals surface area contributed by atoms with Gasteiger partial charge in [-0.3, -0.25) is 9.59 Å². The van der Waals surface area contributed by atoms with Crippen molar-refractivity contribution < 1.29 is 14.0 Å². The highest BCUT2D eigenvalue weighted by Crippen LogP contribution is 2.38. The van der Waals surface area contributed by atoms with Gasteiger partial charge in [-0.2, -0.15) is 0 Å². The van der Waals surface area contributed by atoms with Crippen LogP contribution in [0.15, 0.2) is 54.6 Å². The van der Waals surface area contributed by atoms with Crippen molar-refractivity contribution in [1.29, 1.82) is 0 Å². The summed E-state index contributed by atoms with van der Waals surface area (Å²) in [5, 5.41) is 6.35. The fraction of sp³-hybridized carbons (Fsp3) is 0.250. The van der Waals surface area contributed by atoms with Gasteiger partial charge in [-0.05, 0) is 55.9 Å². The van der Waals surface area contributed by atoms with Gasteiger partial charge in [0, 0.05) is 4.88 Å². The Balaban J connectivity index is 1.63. The Hall–Kier alpha value is -2.99. The lowest BCUT2D eigenvalue weighted by atomic mass is 9.95. The molecule has 4 rings (SSSR count). The Morgan fingerprint density at radius 1 is 0.967 bits per heavy atom. The smallest absolute Gasteiger partial charge is 0.259 e. The molecule has 2 aromatic carbocycles. The van der Waals surface area contributed by atoms with E-state index < -0.39 is 11.7 Å². The maximum atomic E-state index is 14.1. The van der Waals surface area contributed by atoms with Gasteiger partial charge >= 0.3 is 0 Å². The van der Waals surface area contributed by atoms with Gasteiger partial charge in [0.05, 0.1) is 17.2 Å². The van der Waals surface area contributed by atoms with E-state index in [1.807, 2.05) is 37.3 Å². The lowest BCUT2D eigenvalue weighted by Gasteiger charge is -2.17. The predicted molar refractivity (Wildman–Crippen MR) is 118 cm³/mol. The molecule has 2 amide bonds. The van der Waals surface area contributed by atoms with Crippen LogP contribution in [0, 0.1) is 5.82 Å². The van der Waals surface area contributed by atoms with E-state index in [4.69, 9.17) is 0 Å². The maximum Gasteiger partial charge on any atom is 0.259 e. The molecule has 154 valence electrons. The van der Waals surface area contributed by atoms with Crippen LogP contribution in [0.25, 0.3) is 0 Å². The first-order chi connectivity index (χ1) is 14.5. The molecule has 0 radical (unpaired) electrons. The molecule has 0 spiro atoms. The number of carbonyl (C=O) groups is 2. The van der Waals surface area contributed by atoms with Gasteiger partial charge in [0.15, 0.2) is 0 Å². The fourth-order valence-electron chi connectivity index (χ4n) is 3.80. The molecule has 0 saturated carbocycles. The number of hydrogen-bond donors (Lipinski definition) is 2. The van der Waals surface area contributed by atoms with Gasteiger partial charge < -0.3 is 10.6 Å². The van der Waals surface area contributed by atoms with Crippen molar-refractivity contribution in [2.75, 3.05) is 5.32 Å². The molecule has 4 nitrogen and oxygen atoms in total. The molecule has 1 aliphatic carbocycles. The number of hydrogen-bond acceptors (Lipinski definition) is 3. The highest BCUT2D eigenvalue weighted by Gasteiger charge is 2.27. The highest BCUT2D eigenvalue weighted by molar-refractivity contribution is 7.17. The summed E-state index contributed by atoms with van der Waals surface area (Å²) in [5.74, 6) is -1.34. The molecule has 0 bridgehead atoms. The number of fused-ring (bicyclic) bond motifs is 1. The van der Waals surface area contributed by atoms with Crippen LogP contribution in [0.5, 0.6) is 0 Å². The Kier molecular flexibility index (Phi) is 5.95. The summed E-state index contributed by atoms with van der Waals surface area (Å²) in [6, 6.07) is 15.4. The van der Waals surface area contributed by atoms with Crippen LogP contribution in [-0.4, -0.2) is 11.8 Å². The van der Waals surface area contributed by atoms with E-state index in [9.17, 15) is 14.0 Å². The van der Waals surface area contributed by atoms with Gasteiger partial charge in [-0.25, -0.2) is 4.39 Å². The minimum Gasteiger partial charge on any atom is -0.345 e. The number of nitrogens with one attached hydrogen (secondary N) is 2. The van der Waals surface area contributed by atoms with Crippen molar-refractivity contribution in [3.63, 3.8) is 0 Å². The minimum atomic E-state index is -0.583. The first-order valence-corrected chi connectivity index (χ1v) is 10.9. The monoisotopic (exact) mass is 422 g/mol. The van der Waals surface area contributed by atoms with E-state index in [-0.39, 0.29) is 17.5 Å². The van der Waals surface area contributed by atoms with Gasteiger partial charge in [-0.1, -0.05) is 42.5 Å². The molecule has 1 unspecified atom stereocenters. The third-order valence-corrected chi connectivity index (χ3v) is 6.60. The molecule has 1 aromatic heterocycles. The first kappa shape index (κ1) is 20.3. The molecule has 1 atom stereocenters. The zero-order valence-electron chi connectivity index (χ0n) is 16.7. The Labute approximate surface area is 179 Å². The molecule has 3 aromatic rings. The van der Waals surface area contributed by atoms with Gasteiger partial charge in [0.1, 0.15) is 10.8 Å². The second kappa shape index (κ2) is 8.79. The molecule has 1 aliphatic rings. The van der Waals surface area contributed by atoms with Crippen LogP contribution in [0.4, 0.5) is 9.39 Å². The molecule has 0 fully saturated rings. The van der Waals surface area contributed by atoms with E-state index in [0.717, 1.165) is 41.7 Å². The number of amides is 2. The quantitative estimate of drug-likeness (QED) is 0.570. The van der Waals surface area contributed by atoms with Crippen LogP contribution < -0.4 is 10.6 Å². The Morgan fingerprint density at radius 3 is 2.43 bits per heavy atom. The fourth-order valence-corrected chi connectivity index (χ4v) is 5.09. The summed E-state index contributed by atoms with van der Waals surface area (Å²) >= 11 is 1.43.